The van der Waals surface area contributed by atoms with Crippen molar-refractivity contribution in [1.82, 2.24) is 0 Å². The van der Waals surface area contributed by atoms with Crippen LogP contribution in [0.25, 0.3) is 5.57 Å². The number of rotatable bonds is 2. The fourth-order valence-electron chi connectivity index (χ4n) is 2.68. The molecule has 2 aliphatic rings. The van der Waals surface area contributed by atoms with E-state index in [-0.39, 0.29) is 5.91 Å². The highest BCUT2D eigenvalue weighted by atomic mass is 16.1. The van der Waals surface area contributed by atoms with Gasteiger partial charge in [-0.25, -0.2) is 0 Å². The van der Waals surface area contributed by atoms with Crippen molar-refractivity contribution in [3.63, 3.8) is 0 Å². The third-order valence-corrected chi connectivity index (χ3v) is 3.56. The lowest BCUT2D eigenvalue weighted by Gasteiger charge is -2.07. The Morgan fingerprint density at radius 1 is 1.19 bits per heavy atom. The Labute approximate surface area is 95.2 Å². The summed E-state index contributed by atoms with van der Waals surface area (Å²) in [5, 5.41) is 0. The Morgan fingerprint density at radius 3 is 2.62 bits per heavy atom. The van der Waals surface area contributed by atoms with Crippen molar-refractivity contribution in [1.29, 1.82) is 0 Å². The Morgan fingerprint density at radius 2 is 1.94 bits per heavy atom. The van der Waals surface area contributed by atoms with Crippen LogP contribution in [0.1, 0.15) is 30.4 Å². The number of allylic oxidation sites excluding steroid dienone is 1. The van der Waals surface area contributed by atoms with Gasteiger partial charge in [-0.1, -0.05) is 24.3 Å². The number of hydrogen-bond donors (Lipinski definition) is 1. The molecule has 0 aromatic heterocycles. The predicted molar refractivity (Wildman–Crippen MR) is 63.6 cm³/mol. The monoisotopic (exact) mass is 213 g/mol. The van der Waals surface area contributed by atoms with Crippen LogP contribution in [-0.4, -0.2) is 5.91 Å². The first kappa shape index (κ1) is 9.64. The van der Waals surface area contributed by atoms with E-state index < -0.39 is 0 Å². The summed E-state index contributed by atoms with van der Waals surface area (Å²) in [6.45, 7) is 0. The largest absolute Gasteiger partial charge is 0.366 e. The van der Waals surface area contributed by atoms with Crippen LogP contribution in [0.4, 0.5) is 0 Å². The molecule has 0 spiro atoms. The molecule has 2 nitrogen and oxygen atoms in total. The van der Waals surface area contributed by atoms with E-state index in [0.717, 1.165) is 31.3 Å². The van der Waals surface area contributed by atoms with Crippen LogP contribution in [0.5, 0.6) is 0 Å². The molecule has 0 bridgehead atoms. The first-order chi connectivity index (χ1) is 7.77. The van der Waals surface area contributed by atoms with Gasteiger partial charge in [-0.3, -0.25) is 4.79 Å². The van der Waals surface area contributed by atoms with Gasteiger partial charge in [0.05, 0.1) is 0 Å². The molecule has 0 atom stereocenters. The molecule has 1 aromatic carbocycles. The number of benzene rings is 1. The average Bonchev–Trinajstić information content (AvgIpc) is 3.00. The van der Waals surface area contributed by atoms with Crippen LogP contribution in [0.15, 0.2) is 29.8 Å². The number of carbonyl (C=O) groups excluding carboxylic acids is 1. The van der Waals surface area contributed by atoms with E-state index in [4.69, 9.17) is 5.73 Å². The molecule has 3 rings (SSSR count). The van der Waals surface area contributed by atoms with Crippen molar-refractivity contribution < 1.29 is 4.79 Å². The van der Waals surface area contributed by atoms with E-state index in [1.165, 1.54) is 16.7 Å². The number of nitrogens with two attached hydrogens (primary N) is 1. The minimum atomic E-state index is -0.214. The lowest BCUT2D eigenvalue weighted by atomic mass is 9.98. The van der Waals surface area contributed by atoms with Crippen LogP contribution in [0.3, 0.4) is 0 Å². The fourth-order valence-corrected chi connectivity index (χ4v) is 2.68. The maximum Gasteiger partial charge on any atom is 0.245 e. The van der Waals surface area contributed by atoms with Crippen molar-refractivity contribution in [2.24, 2.45) is 11.7 Å². The third-order valence-electron chi connectivity index (χ3n) is 3.56. The molecule has 2 aliphatic carbocycles. The van der Waals surface area contributed by atoms with Crippen molar-refractivity contribution >= 4 is 11.5 Å². The highest BCUT2D eigenvalue weighted by Gasteiger charge is 2.33. The number of aryl methyl sites for hydroxylation is 1. The molecule has 1 fully saturated rings. The zero-order chi connectivity index (χ0) is 11.1. The lowest BCUT2D eigenvalue weighted by Crippen LogP contribution is -2.16. The second-order valence-electron chi connectivity index (χ2n) is 4.69. The summed E-state index contributed by atoms with van der Waals surface area (Å²) in [6, 6.07) is 8.36. The molecule has 0 saturated heterocycles. The van der Waals surface area contributed by atoms with Gasteiger partial charge in [0.15, 0.2) is 0 Å². The Kier molecular flexibility index (Phi) is 2.10. The summed E-state index contributed by atoms with van der Waals surface area (Å²) in [4.78, 5) is 11.5. The van der Waals surface area contributed by atoms with E-state index in [9.17, 15) is 4.79 Å². The molecule has 0 heterocycles. The molecule has 2 heteroatoms. The van der Waals surface area contributed by atoms with Crippen LogP contribution in [0.2, 0.25) is 0 Å². The molecule has 1 saturated carbocycles. The summed E-state index contributed by atoms with van der Waals surface area (Å²) in [6.07, 6.45) is 4.29. The van der Waals surface area contributed by atoms with Gasteiger partial charge < -0.3 is 5.73 Å². The van der Waals surface area contributed by atoms with E-state index in [1.807, 2.05) is 6.07 Å². The standard InChI is InChI=1S/C14H15NO/c15-14(16)13(10-5-6-10)12-8-7-9-3-1-2-4-11(9)12/h1-4,10H,5-8H2,(H2,15,16). The van der Waals surface area contributed by atoms with Crippen LogP contribution >= 0.6 is 0 Å². The zero-order valence-corrected chi connectivity index (χ0v) is 9.20. The minimum Gasteiger partial charge on any atom is -0.366 e. The van der Waals surface area contributed by atoms with Gasteiger partial charge in [0.2, 0.25) is 5.91 Å². The summed E-state index contributed by atoms with van der Waals surface area (Å²) < 4.78 is 0. The molecule has 16 heavy (non-hydrogen) atoms. The predicted octanol–water partition coefficient (Wildman–Crippen LogP) is 2.28. The maximum absolute atomic E-state index is 11.5. The van der Waals surface area contributed by atoms with Gasteiger partial charge >= 0.3 is 0 Å². The van der Waals surface area contributed by atoms with Gasteiger partial charge in [0.25, 0.3) is 0 Å². The van der Waals surface area contributed by atoms with E-state index in [2.05, 4.69) is 18.2 Å². The maximum atomic E-state index is 11.5. The first-order valence-electron chi connectivity index (χ1n) is 5.88. The molecule has 0 aliphatic heterocycles. The fraction of sp³-hybridized carbons (Fsp3) is 0.357. The molecule has 1 aromatic rings. The Hall–Kier alpha value is -1.57. The van der Waals surface area contributed by atoms with Gasteiger partial charge in [0.1, 0.15) is 0 Å². The number of hydrogen-bond acceptors (Lipinski definition) is 1. The summed E-state index contributed by atoms with van der Waals surface area (Å²) in [5.74, 6) is 0.229. The number of carbonyl (C=O) groups is 1. The molecule has 82 valence electrons. The normalized spacial score (nSPS) is 21.8. The number of primary amides is 1. The van der Waals surface area contributed by atoms with Crippen molar-refractivity contribution in [2.45, 2.75) is 25.7 Å². The molecule has 1 amide bonds. The van der Waals surface area contributed by atoms with Crippen LogP contribution in [-0.2, 0) is 11.2 Å². The second-order valence-corrected chi connectivity index (χ2v) is 4.69. The van der Waals surface area contributed by atoms with E-state index in [0.29, 0.717) is 5.92 Å². The smallest absolute Gasteiger partial charge is 0.245 e. The Balaban J connectivity index is 2.13. The average molecular weight is 213 g/mol. The SMILES string of the molecule is NC(=O)C(=C1CCc2ccccc21)C1CC1. The first-order valence-corrected chi connectivity index (χ1v) is 5.88. The summed E-state index contributed by atoms with van der Waals surface area (Å²) in [7, 11) is 0. The topological polar surface area (TPSA) is 43.1 Å². The summed E-state index contributed by atoms with van der Waals surface area (Å²) in [5.41, 5.74) is 10.2. The van der Waals surface area contributed by atoms with Crippen LogP contribution in [0, 0.1) is 5.92 Å². The van der Waals surface area contributed by atoms with Gasteiger partial charge in [0, 0.05) is 5.57 Å². The molecule has 2 N–H and O–H groups in total. The van der Waals surface area contributed by atoms with Crippen molar-refractivity contribution in [3.8, 4) is 0 Å². The molecular formula is C14H15NO. The molecular weight excluding hydrogens is 198 g/mol. The molecule has 0 unspecified atom stereocenters. The van der Waals surface area contributed by atoms with E-state index >= 15 is 0 Å². The zero-order valence-electron chi connectivity index (χ0n) is 9.20. The van der Waals surface area contributed by atoms with Gasteiger partial charge in [-0.15, -0.1) is 0 Å². The quantitative estimate of drug-likeness (QED) is 0.752. The van der Waals surface area contributed by atoms with Gasteiger partial charge in [-0.05, 0) is 48.3 Å². The van der Waals surface area contributed by atoms with Crippen molar-refractivity contribution in [2.75, 3.05) is 0 Å². The third kappa shape index (κ3) is 1.45. The van der Waals surface area contributed by atoms with Gasteiger partial charge in [-0.2, -0.15) is 0 Å². The van der Waals surface area contributed by atoms with Crippen LogP contribution < -0.4 is 5.73 Å². The molecule has 0 radical (unpaired) electrons. The Bertz CT molecular complexity index is 483. The van der Waals surface area contributed by atoms with E-state index in [1.54, 1.807) is 0 Å². The van der Waals surface area contributed by atoms with Crippen molar-refractivity contribution in [3.05, 3.63) is 41.0 Å². The number of fused-ring (bicyclic) bond motifs is 1. The second kappa shape index (κ2) is 3.48. The highest BCUT2D eigenvalue weighted by Crippen LogP contribution is 2.44. The highest BCUT2D eigenvalue weighted by molar-refractivity contribution is 6.02. The number of amides is 1. The lowest BCUT2D eigenvalue weighted by molar-refractivity contribution is -0.114. The summed E-state index contributed by atoms with van der Waals surface area (Å²) >= 11 is 0. The minimum absolute atomic E-state index is 0.214.